The third-order valence-corrected chi connectivity index (χ3v) is 3.01. The molecule has 0 fully saturated rings. The van der Waals surface area contributed by atoms with Gasteiger partial charge in [-0.25, -0.2) is 4.98 Å². The van der Waals surface area contributed by atoms with E-state index in [2.05, 4.69) is 29.3 Å². The topological polar surface area (TPSA) is 42.1 Å². The van der Waals surface area contributed by atoms with Crippen molar-refractivity contribution in [1.82, 2.24) is 4.98 Å². The van der Waals surface area contributed by atoms with Gasteiger partial charge in [-0.05, 0) is 24.8 Å². The van der Waals surface area contributed by atoms with E-state index in [-0.39, 0.29) is 0 Å². The van der Waals surface area contributed by atoms with E-state index < -0.39 is 0 Å². The summed E-state index contributed by atoms with van der Waals surface area (Å²) in [4.78, 5) is 6.70. The largest absolute Gasteiger partial charge is 0.359 e. The molecule has 0 aliphatic rings. The van der Waals surface area contributed by atoms with Crippen molar-refractivity contribution >= 4 is 17.6 Å². The number of nitrogens with zero attached hydrogens (tertiary/aromatic N) is 2. The fourth-order valence-corrected chi connectivity index (χ4v) is 1.80. The maximum Gasteiger partial charge on any atom is 0.128 e. The molecule has 0 spiro atoms. The van der Waals surface area contributed by atoms with Crippen LogP contribution in [-0.4, -0.2) is 30.6 Å². The van der Waals surface area contributed by atoms with Crippen molar-refractivity contribution in [2.45, 2.75) is 13.5 Å². The summed E-state index contributed by atoms with van der Waals surface area (Å²) in [7, 11) is 2.07. The lowest BCUT2D eigenvalue weighted by atomic mass is 10.2. The second kappa shape index (κ2) is 5.98. The molecule has 0 radical (unpaired) electrons. The van der Waals surface area contributed by atoms with Gasteiger partial charge in [-0.3, -0.25) is 0 Å². The molecule has 0 aliphatic carbocycles. The van der Waals surface area contributed by atoms with Crippen LogP contribution >= 0.6 is 11.8 Å². The molecular weight excluding hydrogens is 206 g/mol. The van der Waals surface area contributed by atoms with Gasteiger partial charge in [0, 0.05) is 31.6 Å². The van der Waals surface area contributed by atoms with Crippen LogP contribution in [0.25, 0.3) is 0 Å². The summed E-state index contributed by atoms with van der Waals surface area (Å²) in [6.45, 7) is 3.59. The maximum atomic E-state index is 5.60. The number of rotatable bonds is 5. The maximum absolute atomic E-state index is 5.60. The molecule has 0 bridgehead atoms. The Morgan fingerprint density at radius 2 is 2.20 bits per heavy atom. The minimum absolute atomic E-state index is 0.563. The smallest absolute Gasteiger partial charge is 0.128 e. The second-order valence-electron chi connectivity index (χ2n) is 3.53. The Labute approximate surface area is 96.1 Å². The quantitative estimate of drug-likeness (QED) is 0.827. The Balaban J connectivity index is 2.73. The first-order valence-corrected chi connectivity index (χ1v) is 6.45. The third kappa shape index (κ3) is 3.39. The number of aryl methyl sites for hydroxylation is 1. The first-order chi connectivity index (χ1) is 7.19. The molecule has 4 heteroatoms. The molecule has 1 rings (SSSR count). The molecule has 0 aromatic carbocycles. The fourth-order valence-electron chi connectivity index (χ4n) is 1.35. The van der Waals surface area contributed by atoms with Gasteiger partial charge in [0.05, 0.1) is 0 Å². The normalized spacial score (nSPS) is 10.4. The second-order valence-corrected chi connectivity index (χ2v) is 4.52. The van der Waals surface area contributed by atoms with Crippen LogP contribution in [-0.2, 0) is 6.54 Å². The summed E-state index contributed by atoms with van der Waals surface area (Å²) < 4.78 is 0. The van der Waals surface area contributed by atoms with Gasteiger partial charge >= 0.3 is 0 Å². The summed E-state index contributed by atoms with van der Waals surface area (Å²) in [6, 6.07) is 4.10. The SMILES string of the molecule is CSCCN(C)c1ccc(CN)c(C)n1. The van der Waals surface area contributed by atoms with E-state index in [1.807, 2.05) is 24.8 Å². The van der Waals surface area contributed by atoms with E-state index in [0.717, 1.165) is 29.4 Å². The lowest BCUT2D eigenvalue weighted by molar-refractivity contribution is 0.922. The number of thioether (sulfide) groups is 1. The zero-order chi connectivity index (χ0) is 11.3. The predicted molar refractivity (Wildman–Crippen MR) is 68.5 cm³/mol. The van der Waals surface area contributed by atoms with Gasteiger partial charge < -0.3 is 10.6 Å². The van der Waals surface area contributed by atoms with Crippen LogP contribution in [0.2, 0.25) is 0 Å². The van der Waals surface area contributed by atoms with E-state index in [1.54, 1.807) is 0 Å². The van der Waals surface area contributed by atoms with Gasteiger partial charge in [0.1, 0.15) is 5.82 Å². The number of nitrogens with two attached hydrogens (primary N) is 1. The summed E-state index contributed by atoms with van der Waals surface area (Å²) in [5.41, 5.74) is 7.76. The van der Waals surface area contributed by atoms with Crippen molar-refractivity contribution in [3.63, 3.8) is 0 Å². The average Bonchev–Trinajstić information content (AvgIpc) is 2.25. The average molecular weight is 225 g/mol. The number of aromatic nitrogens is 1. The lowest BCUT2D eigenvalue weighted by Gasteiger charge is -2.18. The highest BCUT2D eigenvalue weighted by molar-refractivity contribution is 7.98. The van der Waals surface area contributed by atoms with Crippen LogP contribution in [0.15, 0.2) is 12.1 Å². The number of pyridine rings is 1. The molecule has 1 aromatic rings. The van der Waals surface area contributed by atoms with Gasteiger partial charge in [0.25, 0.3) is 0 Å². The number of anilines is 1. The number of hydrogen-bond acceptors (Lipinski definition) is 4. The van der Waals surface area contributed by atoms with Gasteiger partial charge in [0.2, 0.25) is 0 Å². The van der Waals surface area contributed by atoms with Crippen LogP contribution in [0.3, 0.4) is 0 Å². The highest BCUT2D eigenvalue weighted by atomic mass is 32.2. The molecule has 0 saturated carbocycles. The van der Waals surface area contributed by atoms with E-state index in [1.165, 1.54) is 0 Å². The van der Waals surface area contributed by atoms with E-state index in [0.29, 0.717) is 6.54 Å². The molecule has 0 amide bonds. The Hall–Kier alpha value is -0.740. The van der Waals surface area contributed by atoms with Crippen LogP contribution in [0, 0.1) is 6.92 Å². The van der Waals surface area contributed by atoms with E-state index in [4.69, 9.17) is 5.73 Å². The number of hydrogen-bond donors (Lipinski definition) is 1. The molecule has 2 N–H and O–H groups in total. The predicted octanol–water partition coefficient (Wildman–Crippen LogP) is 1.65. The van der Waals surface area contributed by atoms with Crippen molar-refractivity contribution < 1.29 is 0 Å². The lowest BCUT2D eigenvalue weighted by Crippen LogP contribution is -2.21. The third-order valence-electron chi connectivity index (χ3n) is 2.42. The Kier molecular flexibility index (Phi) is 4.91. The fraction of sp³-hybridized carbons (Fsp3) is 0.545. The summed E-state index contributed by atoms with van der Waals surface area (Å²) in [5.74, 6) is 2.15. The highest BCUT2D eigenvalue weighted by Gasteiger charge is 2.04. The van der Waals surface area contributed by atoms with Gasteiger partial charge in [-0.2, -0.15) is 11.8 Å². The Morgan fingerprint density at radius 3 is 2.73 bits per heavy atom. The van der Waals surface area contributed by atoms with Crippen LogP contribution in [0.1, 0.15) is 11.3 Å². The van der Waals surface area contributed by atoms with Gasteiger partial charge in [-0.15, -0.1) is 0 Å². The minimum atomic E-state index is 0.563. The van der Waals surface area contributed by atoms with Crippen molar-refractivity contribution in [2.75, 3.05) is 30.5 Å². The molecule has 84 valence electrons. The van der Waals surface area contributed by atoms with Crippen molar-refractivity contribution in [2.24, 2.45) is 5.73 Å². The molecule has 1 aromatic heterocycles. The van der Waals surface area contributed by atoms with Gasteiger partial charge in [0.15, 0.2) is 0 Å². The molecule has 0 unspecified atom stereocenters. The summed E-state index contributed by atoms with van der Waals surface area (Å²) >= 11 is 1.85. The molecule has 0 saturated heterocycles. The molecule has 3 nitrogen and oxygen atoms in total. The van der Waals surface area contributed by atoms with E-state index in [9.17, 15) is 0 Å². The molecular formula is C11H19N3S. The first kappa shape index (κ1) is 12.3. The van der Waals surface area contributed by atoms with Crippen LogP contribution in [0.5, 0.6) is 0 Å². The van der Waals surface area contributed by atoms with Crippen LogP contribution in [0.4, 0.5) is 5.82 Å². The minimum Gasteiger partial charge on any atom is -0.359 e. The zero-order valence-electron chi connectivity index (χ0n) is 9.66. The Bertz CT molecular complexity index is 315. The monoisotopic (exact) mass is 225 g/mol. The van der Waals surface area contributed by atoms with Crippen molar-refractivity contribution in [3.05, 3.63) is 23.4 Å². The zero-order valence-corrected chi connectivity index (χ0v) is 10.5. The molecule has 0 atom stereocenters. The van der Waals surface area contributed by atoms with Crippen molar-refractivity contribution in [1.29, 1.82) is 0 Å². The highest BCUT2D eigenvalue weighted by Crippen LogP contribution is 2.13. The van der Waals surface area contributed by atoms with Gasteiger partial charge in [-0.1, -0.05) is 6.07 Å². The first-order valence-electron chi connectivity index (χ1n) is 5.05. The summed E-state index contributed by atoms with van der Waals surface area (Å²) in [5, 5.41) is 0. The van der Waals surface area contributed by atoms with E-state index >= 15 is 0 Å². The molecule has 15 heavy (non-hydrogen) atoms. The summed E-state index contributed by atoms with van der Waals surface area (Å²) in [6.07, 6.45) is 2.12. The van der Waals surface area contributed by atoms with Crippen molar-refractivity contribution in [3.8, 4) is 0 Å². The standard InChI is InChI=1S/C11H19N3S/c1-9-10(8-12)4-5-11(13-9)14(2)6-7-15-3/h4-5H,6-8,12H2,1-3H3. The van der Waals surface area contributed by atoms with Crippen LogP contribution < -0.4 is 10.6 Å². The molecule has 0 aliphatic heterocycles. The Morgan fingerprint density at radius 1 is 1.47 bits per heavy atom. The molecule has 1 heterocycles.